The smallest absolute Gasteiger partial charge is 0.0544 e. The Morgan fingerprint density at radius 2 is 1.03 bits per heavy atom. The molecule has 0 aliphatic carbocycles. The van der Waals surface area contributed by atoms with Crippen LogP contribution in [0.2, 0.25) is 0 Å². The second-order valence-corrected chi connectivity index (χ2v) is 9.09. The van der Waals surface area contributed by atoms with E-state index in [2.05, 4.69) is 138 Å². The van der Waals surface area contributed by atoms with Crippen LogP contribution in [-0.4, -0.2) is 4.98 Å². The molecular weight excluding hydrogens is 422 g/mol. The van der Waals surface area contributed by atoms with Crippen LogP contribution >= 0.6 is 0 Å². The molecule has 0 spiro atoms. The minimum absolute atomic E-state index is 1.16. The van der Waals surface area contributed by atoms with Gasteiger partial charge in [-0.2, -0.15) is 0 Å². The summed E-state index contributed by atoms with van der Waals surface area (Å²) >= 11 is 0. The molecule has 0 aliphatic rings. The fraction of sp³-hybridized carbons (Fsp3) is 0. The molecule has 1 heteroatoms. The van der Waals surface area contributed by atoms with Gasteiger partial charge in [0.1, 0.15) is 0 Å². The Morgan fingerprint density at radius 3 is 1.94 bits per heavy atom. The highest BCUT2D eigenvalue weighted by atomic mass is 14.7. The van der Waals surface area contributed by atoms with Gasteiger partial charge in [-0.05, 0) is 56.8 Å². The van der Waals surface area contributed by atoms with E-state index in [0.717, 1.165) is 5.52 Å². The molecule has 0 bridgehead atoms. The van der Waals surface area contributed by atoms with Gasteiger partial charge in [0.2, 0.25) is 0 Å². The monoisotopic (exact) mass is 445 g/mol. The van der Waals surface area contributed by atoms with E-state index in [9.17, 15) is 0 Å². The summed E-state index contributed by atoms with van der Waals surface area (Å²) in [7, 11) is 0. The van der Waals surface area contributed by atoms with Crippen LogP contribution in [0.3, 0.4) is 0 Å². The van der Waals surface area contributed by atoms with Gasteiger partial charge in [0.25, 0.3) is 0 Å². The molecule has 0 saturated carbocycles. The van der Waals surface area contributed by atoms with Crippen LogP contribution in [0.15, 0.2) is 133 Å². The summed E-state index contributed by atoms with van der Waals surface area (Å²) in [6, 6.07) is 48.0. The maximum absolute atomic E-state index is 3.71. The minimum atomic E-state index is 1.16. The first-order chi connectivity index (χ1) is 17.3. The molecule has 1 heterocycles. The number of aromatic nitrogens is 1. The van der Waals surface area contributed by atoms with Gasteiger partial charge in [0.15, 0.2) is 0 Å². The van der Waals surface area contributed by atoms with Crippen molar-refractivity contribution in [1.82, 2.24) is 4.98 Å². The van der Waals surface area contributed by atoms with Crippen molar-refractivity contribution >= 4 is 32.6 Å². The average molecular weight is 446 g/mol. The highest BCUT2D eigenvalue weighted by Gasteiger charge is 2.12. The lowest BCUT2D eigenvalue weighted by Gasteiger charge is -2.10. The number of H-pyrrole nitrogens is 1. The van der Waals surface area contributed by atoms with Crippen LogP contribution in [0.5, 0.6) is 0 Å². The van der Waals surface area contributed by atoms with E-state index >= 15 is 0 Å². The summed E-state index contributed by atoms with van der Waals surface area (Å²) in [6.07, 6.45) is 0. The zero-order valence-electron chi connectivity index (χ0n) is 19.2. The molecular formula is C34H23N. The van der Waals surface area contributed by atoms with Crippen molar-refractivity contribution in [3.05, 3.63) is 133 Å². The molecule has 6 aromatic carbocycles. The van der Waals surface area contributed by atoms with Gasteiger partial charge in [-0.25, -0.2) is 0 Å². The molecule has 0 unspecified atom stereocenters. The van der Waals surface area contributed by atoms with Crippen LogP contribution in [-0.2, 0) is 0 Å². The van der Waals surface area contributed by atoms with Crippen molar-refractivity contribution in [3.63, 3.8) is 0 Å². The number of hydrogen-bond donors (Lipinski definition) is 1. The number of para-hydroxylation sites is 1. The third-order valence-corrected chi connectivity index (χ3v) is 7.02. The van der Waals surface area contributed by atoms with Gasteiger partial charge in [0, 0.05) is 21.9 Å². The molecule has 0 radical (unpaired) electrons. The molecule has 7 rings (SSSR count). The molecule has 1 aromatic heterocycles. The lowest BCUT2D eigenvalue weighted by Crippen LogP contribution is -1.84. The quantitative estimate of drug-likeness (QED) is 0.279. The Balaban J connectivity index is 1.40. The van der Waals surface area contributed by atoms with Crippen molar-refractivity contribution < 1.29 is 0 Å². The van der Waals surface area contributed by atoms with E-state index < -0.39 is 0 Å². The van der Waals surface area contributed by atoms with Crippen LogP contribution in [0.1, 0.15) is 0 Å². The zero-order valence-corrected chi connectivity index (χ0v) is 19.2. The van der Waals surface area contributed by atoms with Gasteiger partial charge in [-0.3, -0.25) is 0 Å². The Morgan fingerprint density at radius 1 is 0.371 bits per heavy atom. The highest BCUT2D eigenvalue weighted by Crippen LogP contribution is 2.37. The fourth-order valence-electron chi connectivity index (χ4n) is 5.30. The minimum Gasteiger partial charge on any atom is -0.354 e. The van der Waals surface area contributed by atoms with Crippen molar-refractivity contribution in [2.45, 2.75) is 0 Å². The lowest BCUT2D eigenvalue weighted by molar-refractivity contribution is 1.53. The van der Waals surface area contributed by atoms with Crippen molar-refractivity contribution in [3.8, 4) is 33.4 Å². The topological polar surface area (TPSA) is 15.8 Å². The average Bonchev–Trinajstić information content (AvgIpc) is 3.31. The number of rotatable bonds is 3. The van der Waals surface area contributed by atoms with Gasteiger partial charge < -0.3 is 4.98 Å². The normalized spacial score (nSPS) is 11.4. The summed E-state index contributed by atoms with van der Waals surface area (Å²) in [4.78, 5) is 3.71. The Bertz CT molecular complexity index is 1830. The van der Waals surface area contributed by atoms with E-state index in [1.807, 2.05) is 0 Å². The Hall–Kier alpha value is -4.62. The van der Waals surface area contributed by atoms with E-state index in [0.29, 0.717) is 0 Å². The summed E-state index contributed by atoms with van der Waals surface area (Å²) in [5.74, 6) is 0. The first kappa shape index (κ1) is 19.8. The van der Waals surface area contributed by atoms with Crippen LogP contribution < -0.4 is 0 Å². The molecule has 7 aromatic rings. The lowest BCUT2D eigenvalue weighted by atomic mass is 9.94. The Kier molecular flexibility index (Phi) is 4.53. The van der Waals surface area contributed by atoms with E-state index in [-0.39, 0.29) is 0 Å². The van der Waals surface area contributed by atoms with Crippen LogP contribution in [0.4, 0.5) is 0 Å². The third-order valence-electron chi connectivity index (χ3n) is 7.02. The van der Waals surface area contributed by atoms with Crippen LogP contribution in [0, 0.1) is 0 Å². The maximum Gasteiger partial charge on any atom is 0.0544 e. The van der Waals surface area contributed by atoms with E-state index in [1.54, 1.807) is 0 Å². The molecule has 0 atom stereocenters. The van der Waals surface area contributed by atoms with Crippen molar-refractivity contribution in [2.24, 2.45) is 0 Å². The van der Waals surface area contributed by atoms with Gasteiger partial charge >= 0.3 is 0 Å². The second-order valence-electron chi connectivity index (χ2n) is 9.09. The number of fused-ring (bicyclic) bond motifs is 4. The Labute approximate surface area is 204 Å². The van der Waals surface area contributed by atoms with Gasteiger partial charge in [-0.15, -0.1) is 0 Å². The summed E-state index contributed by atoms with van der Waals surface area (Å²) in [5.41, 5.74) is 9.77. The maximum atomic E-state index is 3.71. The van der Waals surface area contributed by atoms with Crippen molar-refractivity contribution in [1.29, 1.82) is 0 Å². The zero-order chi connectivity index (χ0) is 23.2. The molecule has 35 heavy (non-hydrogen) atoms. The number of benzene rings is 6. The highest BCUT2D eigenvalue weighted by molar-refractivity contribution is 6.13. The molecule has 0 amide bonds. The molecule has 0 fully saturated rings. The number of nitrogens with one attached hydrogen (secondary N) is 1. The molecule has 164 valence electrons. The van der Waals surface area contributed by atoms with Gasteiger partial charge in [-0.1, -0.05) is 115 Å². The van der Waals surface area contributed by atoms with Crippen molar-refractivity contribution in [2.75, 3.05) is 0 Å². The predicted octanol–water partition coefficient (Wildman–Crippen LogP) is 9.48. The predicted molar refractivity (Wildman–Crippen MR) is 150 cm³/mol. The molecule has 1 N–H and O–H groups in total. The molecule has 1 nitrogen and oxygen atoms in total. The molecule has 0 aliphatic heterocycles. The number of aromatic amines is 1. The second kappa shape index (κ2) is 8.00. The van der Waals surface area contributed by atoms with E-state index in [1.165, 1.54) is 60.4 Å². The standard InChI is InChI=1S/C34H23N/c1-2-9-23(10-3-1)25-19-20-33-32(22-25)31-18-8-17-30(34(31)35-33)27-14-6-13-26(21-27)29-16-7-12-24-11-4-5-15-28(24)29/h1-22,35H. The first-order valence-electron chi connectivity index (χ1n) is 12.0. The van der Waals surface area contributed by atoms with E-state index in [4.69, 9.17) is 0 Å². The van der Waals surface area contributed by atoms with Gasteiger partial charge in [0.05, 0.1) is 5.52 Å². The summed E-state index contributed by atoms with van der Waals surface area (Å²) < 4.78 is 0. The largest absolute Gasteiger partial charge is 0.354 e. The summed E-state index contributed by atoms with van der Waals surface area (Å²) in [6.45, 7) is 0. The number of hydrogen-bond acceptors (Lipinski definition) is 0. The van der Waals surface area contributed by atoms with Crippen LogP contribution in [0.25, 0.3) is 66.0 Å². The SMILES string of the molecule is c1ccc(-c2ccc3[nH]c4c(-c5cccc(-c6cccc7ccccc67)c5)cccc4c3c2)cc1. The third kappa shape index (κ3) is 3.33. The fourth-order valence-corrected chi connectivity index (χ4v) is 5.30. The molecule has 0 saturated heterocycles. The summed E-state index contributed by atoms with van der Waals surface area (Å²) in [5, 5.41) is 5.06. The first-order valence-corrected chi connectivity index (χ1v) is 12.0.